The minimum atomic E-state index is -0.751. The normalized spacial score (nSPS) is 18.4. The predicted molar refractivity (Wildman–Crippen MR) is 73.6 cm³/mol. The van der Waals surface area contributed by atoms with Crippen LogP contribution >= 0.6 is 0 Å². The minimum absolute atomic E-state index is 0.0781. The van der Waals surface area contributed by atoms with Crippen LogP contribution in [0, 0.1) is 11.3 Å². The summed E-state index contributed by atoms with van der Waals surface area (Å²) >= 11 is 0. The summed E-state index contributed by atoms with van der Waals surface area (Å²) in [5.74, 6) is -0.306. The monoisotopic (exact) mass is 270 g/mol. The van der Waals surface area contributed by atoms with Gasteiger partial charge in [-0.1, -0.05) is 19.8 Å². The summed E-state index contributed by atoms with van der Waals surface area (Å²) in [6.07, 6.45) is 5.56. The number of rotatable bonds is 9. The SMILES string of the molecule is CCC(CCNC(=O)C1(CN)CCC1)CCC(=O)O. The van der Waals surface area contributed by atoms with E-state index < -0.39 is 5.97 Å². The first-order valence-corrected chi connectivity index (χ1v) is 7.24. The Labute approximate surface area is 114 Å². The van der Waals surface area contributed by atoms with Gasteiger partial charge in [-0.15, -0.1) is 0 Å². The molecule has 1 saturated carbocycles. The molecule has 0 heterocycles. The van der Waals surface area contributed by atoms with Crippen molar-refractivity contribution in [2.24, 2.45) is 17.1 Å². The van der Waals surface area contributed by atoms with E-state index in [2.05, 4.69) is 12.2 Å². The van der Waals surface area contributed by atoms with Gasteiger partial charge in [0.2, 0.25) is 5.91 Å². The maximum atomic E-state index is 12.0. The van der Waals surface area contributed by atoms with Crippen molar-refractivity contribution >= 4 is 11.9 Å². The molecule has 5 heteroatoms. The van der Waals surface area contributed by atoms with Crippen LogP contribution < -0.4 is 11.1 Å². The highest BCUT2D eigenvalue weighted by Crippen LogP contribution is 2.39. The molecule has 0 aliphatic heterocycles. The van der Waals surface area contributed by atoms with Crippen molar-refractivity contribution < 1.29 is 14.7 Å². The average molecular weight is 270 g/mol. The fourth-order valence-electron chi connectivity index (χ4n) is 2.58. The summed E-state index contributed by atoms with van der Waals surface area (Å²) in [5.41, 5.74) is 5.37. The molecule has 4 N–H and O–H groups in total. The first-order chi connectivity index (χ1) is 9.04. The van der Waals surface area contributed by atoms with E-state index in [-0.39, 0.29) is 17.7 Å². The number of hydrogen-bond acceptors (Lipinski definition) is 3. The van der Waals surface area contributed by atoms with Gasteiger partial charge in [0.05, 0.1) is 5.41 Å². The topological polar surface area (TPSA) is 92.4 Å². The number of carbonyl (C=O) groups excluding carboxylic acids is 1. The summed E-state index contributed by atoms with van der Waals surface area (Å²) in [6, 6.07) is 0. The predicted octanol–water partition coefficient (Wildman–Crippen LogP) is 1.51. The highest BCUT2D eigenvalue weighted by Gasteiger charge is 2.42. The van der Waals surface area contributed by atoms with Crippen LogP contribution in [0.5, 0.6) is 0 Å². The quantitative estimate of drug-likeness (QED) is 0.592. The standard InChI is InChI=1S/C14H26N2O3/c1-2-11(4-5-12(17)18)6-9-16-13(19)14(10-15)7-3-8-14/h11H,2-10,15H2,1H3,(H,16,19)(H,17,18). The van der Waals surface area contributed by atoms with Gasteiger partial charge in [0.25, 0.3) is 0 Å². The van der Waals surface area contributed by atoms with Crippen LogP contribution in [0.1, 0.15) is 51.9 Å². The van der Waals surface area contributed by atoms with Crippen LogP contribution in [0.25, 0.3) is 0 Å². The maximum absolute atomic E-state index is 12.0. The lowest BCUT2D eigenvalue weighted by Crippen LogP contribution is -2.50. The molecule has 0 bridgehead atoms. The van der Waals surface area contributed by atoms with Gasteiger partial charge in [-0.25, -0.2) is 0 Å². The number of hydrogen-bond donors (Lipinski definition) is 3. The lowest BCUT2D eigenvalue weighted by atomic mass is 9.68. The Hall–Kier alpha value is -1.10. The first kappa shape index (κ1) is 16.0. The van der Waals surface area contributed by atoms with Gasteiger partial charge in [0.15, 0.2) is 0 Å². The molecule has 1 atom stereocenters. The highest BCUT2D eigenvalue weighted by molar-refractivity contribution is 5.83. The molecule has 1 aliphatic carbocycles. The van der Waals surface area contributed by atoms with Crippen LogP contribution in [-0.4, -0.2) is 30.1 Å². The third-order valence-corrected chi connectivity index (χ3v) is 4.37. The fraction of sp³-hybridized carbons (Fsp3) is 0.857. The third kappa shape index (κ3) is 4.49. The Kier molecular flexibility index (Phi) is 6.28. The Morgan fingerprint density at radius 3 is 2.47 bits per heavy atom. The zero-order valence-electron chi connectivity index (χ0n) is 11.8. The molecule has 1 amide bonds. The second kappa shape index (κ2) is 7.48. The van der Waals surface area contributed by atoms with E-state index >= 15 is 0 Å². The van der Waals surface area contributed by atoms with Crippen molar-refractivity contribution in [3.8, 4) is 0 Å². The second-order valence-electron chi connectivity index (χ2n) is 5.59. The van der Waals surface area contributed by atoms with Gasteiger partial charge < -0.3 is 16.2 Å². The van der Waals surface area contributed by atoms with E-state index in [0.717, 1.165) is 32.1 Å². The molecule has 0 aromatic rings. The van der Waals surface area contributed by atoms with E-state index in [0.29, 0.717) is 25.4 Å². The van der Waals surface area contributed by atoms with E-state index in [9.17, 15) is 9.59 Å². The van der Waals surface area contributed by atoms with Crippen LogP contribution in [0.15, 0.2) is 0 Å². The molecule has 1 unspecified atom stereocenters. The molecule has 0 saturated heterocycles. The second-order valence-corrected chi connectivity index (χ2v) is 5.59. The third-order valence-electron chi connectivity index (χ3n) is 4.37. The average Bonchev–Trinajstić information content (AvgIpc) is 2.32. The molecule has 110 valence electrons. The smallest absolute Gasteiger partial charge is 0.303 e. The molecule has 0 aromatic carbocycles. The van der Waals surface area contributed by atoms with Gasteiger partial charge in [-0.2, -0.15) is 0 Å². The van der Waals surface area contributed by atoms with Gasteiger partial charge >= 0.3 is 5.97 Å². The lowest BCUT2D eigenvalue weighted by molar-refractivity contribution is -0.137. The zero-order chi connectivity index (χ0) is 14.3. The highest BCUT2D eigenvalue weighted by atomic mass is 16.4. The van der Waals surface area contributed by atoms with Gasteiger partial charge in [-0.3, -0.25) is 9.59 Å². The summed E-state index contributed by atoms with van der Waals surface area (Å²) in [7, 11) is 0. The summed E-state index contributed by atoms with van der Waals surface area (Å²) in [5, 5.41) is 11.6. The molecule has 1 fully saturated rings. The Bertz CT molecular complexity index is 308. The van der Waals surface area contributed by atoms with Crippen molar-refractivity contribution in [3.63, 3.8) is 0 Å². The van der Waals surface area contributed by atoms with Crippen molar-refractivity contribution in [2.45, 2.75) is 51.9 Å². The first-order valence-electron chi connectivity index (χ1n) is 7.24. The van der Waals surface area contributed by atoms with Crippen molar-refractivity contribution in [3.05, 3.63) is 0 Å². The van der Waals surface area contributed by atoms with Crippen molar-refractivity contribution in [2.75, 3.05) is 13.1 Å². The zero-order valence-corrected chi connectivity index (χ0v) is 11.8. The van der Waals surface area contributed by atoms with E-state index in [1.165, 1.54) is 0 Å². The minimum Gasteiger partial charge on any atom is -0.481 e. The lowest BCUT2D eigenvalue weighted by Gasteiger charge is -2.39. The summed E-state index contributed by atoms with van der Waals surface area (Å²) < 4.78 is 0. The molecule has 0 radical (unpaired) electrons. The molecule has 0 aromatic heterocycles. The molecule has 1 rings (SSSR count). The molecule has 5 nitrogen and oxygen atoms in total. The van der Waals surface area contributed by atoms with Crippen LogP contribution in [0.3, 0.4) is 0 Å². The number of carboxylic acid groups (broad SMARTS) is 1. The molecule has 1 aliphatic rings. The van der Waals surface area contributed by atoms with Gasteiger partial charge in [0.1, 0.15) is 0 Å². The fourth-order valence-corrected chi connectivity index (χ4v) is 2.58. The van der Waals surface area contributed by atoms with Crippen LogP contribution in [0.2, 0.25) is 0 Å². The number of carboxylic acids is 1. The van der Waals surface area contributed by atoms with Gasteiger partial charge in [0, 0.05) is 19.5 Å². The van der Waals surface area contributed by atoms with Crippen LogP contribution in [0.4, 0.5) is 0 Å². The molecular weight excluding hydrogens is 244 g/mol. The number of aliphatic carboxylic acids is 1. The molecule has 19 heavy (non-hydrogen) atoms. The Morgan fingerprint density at radius 1 is 1.37 bits per heavy atom. The summed E-state index contributed by atoms with van der Waals surface area (Å²) in [6.45, 7) is 3.11. The maximum Gasteiger partial charge on any atom is 0.303 e. The van der Waals surface area contributed by atoms with Gasteiger partial charge in [-0.05, 0) is 31.6 Å². The van der Waals surface area contributed by atoms with Crippen molar-refractivity contribution in [1.82, 2.24) is 5.32 Å². The van der Waals surface area contributed by atoms with E-state index in [1.807, 2.05) is 0 Å². The van der Waals surface area contributed by atoms with E-state index in [4.69, 9.17) is 10.8 Å². The number of carbonyl (C=O) groups is 2. The van der Waals surface area contributed by atoms with E-state index in [1.54, 1.807) is 0 Å². The number of amides is 1. The number of nitrogens with one attached hydrogen (secondary N) is 1. The number of nitrogens with two attached hydrogens (primary N) is 1. The summed E-state index contributed by atoms with van der Waals surface area (Å²) in [4.78, 5) is 22.6. The Balaban J connectivity index is 2.24. The largest absolute Gasteiger partial charge is 0.481 e. The van der Waals surface area contributed by atoms with Crippen LogP contribution in [-0.2, 0) is 9.59 Å². The molecular formula is C14H26N2O3. The van der Waals surface area contributed by atoms with Crippen molar-refractivity contribution in [1.29, 1.82) is 0 Å². The Morgan fingerprint density at radius 2 is 2.05 bits per heavy atom. The molecule has 0 spiro atoms.